The molecular weight excluding hydrogens is 273 g/mol. The Morgan fingerprint density at radius 3 is 2.87 bits per heavy atom. The molecule has 2 unspecified atom stereocenters. The first-order valence-electron chi connectivity index (χ1n) is 5.23. The molecule has 0 aromatic carbocycles. The summed E-state index contributed by atoms with van der Waals surface area (Å²) in [4.78, 5) is 4.53. The molecule has 15 heavy (non-hydrogen) atoms. The van der Waals surface area contributed by atoms with Crippen LogP contribution in [0.4, 0.5) is 0 Å². The summed E-state index contributed by atoms with van der Waals surface area (Å²) in [5.74, 6) is 0.779. The van der Waals surface area contributed by atoms with Crippen LogP contribution < -0.4 is 0 Å². The van der Waals surface area contributed by atoms with Crippen LogP contribution in [0.1, 0.15) is 25.8 Å². The van der Waals surface area contributed by atoms with Gasteiger partial charge in [0, 0.05) is 17.2 Å². The summed E-state index contributed by atoms with van der Waals surface area (Å²) in [5.41, 5.74) is 1.70. The van der Waals surface area contributed by atoms with Crippen LogP contribution in [0.15, 0.2) is 18.5 Å². The highest BCUT2D eigenvalue weighted by molar-refractivity contribution is 9.09. The monoisotopic (exact) mass is 287 g/mol. The van der Waals surface area contributed by atoms with Crippen LogP contribution in [-0.4, -0.2) is 9.81 Å². The van der Waals surface area contributed by atoms with Crippen LogP contribution in [0.5, 0.6) is 0 Å². The molecule has 1 saturated carbocycles. The summed E-state index contributed by atoms with van der Waals surface area (Å²) in [7, 11) is 0. The third kappa shape index (κ3) is 2.54. The minimum absolute atomic E-state index is 0.508. The van der Waals surface area contributed by atoms with E-state index in [1.807, 2.05) is 6.07 Å². The molecule has 2 rings (SSSR count). The average molecular weight is 289 g/mol. The summed E-state index contributed by atoms with van der Waals surface area (Å²) in [6.45, 7) is 4.64. The van der Waals surface area contributed by atoms with E-state index in [9.17, 15) is 0 Å². The molecule has 1 aliphatic carbocycles. The smallest absolute Gasteiger partial charge is 0.0621 e. The number of alkyl halides is 1. The Labute approximate surface area is 104 Å². The first-order chi connectivity index (χ1) is 7.00. The van der Waals surface area contributed by atoms with E-state index in [1.54, 1.807) is 12.4 Å². The molecule has 2 atom stereocenters. The van der Waals surface area contributed by atoms with Crippen LogP contribution in [0, 0.1) is 11.3 Å². The molecule has 0 saturated heterocycles. The minimum Gasteiger partial charge on any atom is -0.263 e. The normalized spacial score (nSPS) is 24.9. The van der Waals surface area contributed by atoms with Gasteiger partial charge < -0.3 is 0 Å². The van der Waals surface area contributed by atoms with E-state index >= 15 is 0 Å². The molecule has 1 fully saturated rings. The molecule has 0 spiro atoms. The van der Waals surface area contributed by atoms with Crippen molar-refractivity contribution in [3.8, 4) is 0 Å². The zero-order valence-corrected chi connectivity index (χ0v) is 11.3. The van der Waals surface area contributed by atoms with Gasteiger partial charge in [-0.3, -0.25) is 4.98 Å². The lowest BCUT2D eigenvalue weighted by Crippen LogP contribution is -2.09. The summed E-state index contributed by atoms with van der Waals surface area (Å²) in [5, 5.41) is 0.778. The number of aromatic nitrogens is 1. The largest absolute Gasteiger partial charge is 0.263 e. The van der Waals surface area contributed by atoms with Gasteiger partial charge in [0.15, 0.2) is 0 Å². The first kappa shape index (κ1) is 11.4. The second kappa shape index (κ2) is 4.06. The highest BCUT2D eigenvalue weighted by Crippen LogP contribution is 2.56. The van der Waals surface area contributed by atoms with E-state index in [0.717, 1.165) is 17.4 Å². The van der Waals surface area contributed by atoms with Crippen molar-refractivity contribution in [2.45, 2.75) is 31.5 Å². The molecule has 0 amide bonds. The van der Waals surface area contributed by atoms with Crippen LogP contribution in [0.25, 0.3) is 0 Å². The zero-order valence-electron chi connectivity index (χ0n) is 9.00. The second-order valence-electron chi connectivity index (χ2n) is 4.99. The number of hydrogen-bond donors (Lipinski definition) is 0. The Hall–Kier alpha value is -0.0800. The van der Waals surface area contributed by atoms with E-state index < -0.39 is 0 Å². The predicted molar refractivity (Wildman–Crippen MR) is 67.6 cm³/mol. The molecule has 1 aromatic rings. The highest BCUT2D eigenvalue weighted by Gasteiger charge is 2.49. The third-order valence-corrected chi connectivity index (χ3v) is 4.60. The molecule has 3 heteroatoms. The van der Waals surface area contributed by atoms with E-state index in [4.69, 9.17) is 11.6 Å². The molecular formula is C12H15BrClN. The molecule has 0 bridgehead atoms. The van der Waals surface area contributed by atoms with Gasteiger partial charge in [-0.1, -0.05) is 41.4 Å². The van der Waals surface area contributed by atoms with Gasteiger partial charge in [0.05, 0.1) is 5.02 Å². The Kier molecular flexibility index (Phi) is 3.09. The number of pyridine rings is 1. The topological polar surface area (TPSA) is 12.9 Å². The summed E-state index contributed by atoms with van der Waals surface area (Å²) in [6.07, 6.45) is 5.83. The molecule has 1 aromatic heterocycles. The molecule has 1 heterocycles. The molecule has 1 aliphatic rings. The van der Waals surface area contributed by atoms with Gasteiger partial charge in [-0.2, -0.15) is 0 Å². The maximum atomic E-state index is 6.08. The van der Waals surface area contributed by atoms with Crippen molar-refractivity contribution in [1.29, 1.82) is 0 Å². The van der Waals surface area contributed by atoms with Crippen molar-refractivity contribution in [2.75, 3.05) is 0 Å². The second-order valence-corrected chi connectivity index (χ2v) is 6.57. The standard InChI is InChI=1S/C12H15BrClN/c1-12(2)6-9(12)10(13)5-8-3-4-15-7-11(8)14/h3-4,7,9-10H,5-6H2,1-2H3. The number of nitrogens with zero attached hydrogens (tertiary/aromatic N) is 1. The lowest BCUT2D eigenvalue weighted by atomic mass is 10.0. The maximum Gasteiger partial charge on any atom is 0.0621 e. The van der Waals surface area contributed by atoms with E-state index in [-0.39, 0.29) is 0 Å². The summed E-state index contributed by atoms with van der Waals surface area (Å²) in [6, 6.07) is 2.01. The van der Waals surface area contributed by atoms with Gasteiger partial charge in [-0.15, -0.1) is 0 Å². The Bertz CT molecular complexity index is 364. The van der Waals surface area contributed by atoms with E-state index in [2.05, 4.69) is 34.8 Å². The van der Waals surface area contributed by atoms with Gasteiger partial charge in [0.1, 0.15) is 0 Å². The Balaban J connectivity index is 2.01. The van der Waals surface area contributed by atoms with Gasteiger partial charge in [0.25, 0.3) is 0 Å². The quantitative estimate of drug-likeness (QED) is 0.764. The van der Waals surface area contributed by atoms with Crippen LogP contribution in [0.2, 0.25) is 5.02 Å². The molecule has 0 radical (unpaired) electrons. The van der Waals surface area contributed by atoms with E-state index in [0.29, 0.717) is 10.2 Å². The van der Waals surface area contributed by atoms with Gasteiger partial charge in [-0.05, 0) is 35.8 Å². The third-order valence-electron chi connectivity index (χ3n) is 3.30. The molecule has 0 aliphatic heterocycles. The lowest BCUT2D eigenvalue weighted by molar-refractivity contribution is 0.546. The highest BCUT2D eigenvalue weighted by atomic mass is 79.9. The van der Waals surface area contributed by atoms with Crippen molar-refractivity contribution in [3.63, 3.8) is 0 Å². The zero-order chi connectivity index (χ0) is 11.1. The van der Waals surface area contributed by atoms with Gasteiger partial charge >= 0.3 is 0 Å². The summed E-state index contributed by atoms with van der Waals surface area (Å²) < 4.78 is 0. The number of hydrogen-bond acceptors (Lipinski definition) is 1. The molecule has 0 N–H and O–H groups in total. The van der Waals surface area contributed by atoms with E-state index in [1.165, 1.54) is 12.0 Å². The SMILES string of the molecule is CC1(C)CC1C(Br)Cc1ccncc1Cl. The van der Waals surface area contributed by atoms with Gasteiger partial charge in [-0.25, -0.2) is 0 Å². The van der Waals surface area contributed by atoms with Crippen molar-refractivity contribution < 1.29 is 0 Å². The molecule has 82 valence electrons. The summed E-state index contributed by atoms with van der Waals surface area (Å²) >= 11 is 9.85. The van der Waals surface area contributed by atoms with Crippen molar-refractivity contribution in [3.05, 3.63) is 29.0 Å². The average Bonchev–Trinajstić information content (AvgIpc) is 2.79. The minimum atomic E-state index is 0.508. The van der Waals surface area contributed by atoms with Crippen molar-refractivity contribution in [2.24, 2.45) is 11.3 Å². The maximum absolute atomic E-state index is 6.08. The first-order valence-corrected chi connectivity index (χ1v) is 6.52. The van der Waals surface area contributed by atoms with Crippen LogP contribution in [0.3, 0.4) is 0 Å². The van der Waals surface area contributed by atoms with Gasteiger partial charge in [0.2, 0.25) is 0 Å². The fourth-order valence-electron chi connectivity index (χ4n) is 2.05. The molecule has 1 nitrogen and oxygen atoms in total. The number of rotatable bonds is 3. The van der Waals surface area contributed by atoms with Crippen LogP contribution >= 0.6 is 27.5 Å². The van der Waals surface area contributed by atoms with Crippen molar-refractivity contribution in [1.82, 2.24) is 4.98 Å². The fourth-order valence-corrected chi connectivity index (χ4v) is 3.49. The lowest BCUT2D eigenvalue weighted by Gasteiger charge is -2.12. The Morgan fingerprint density at radius 1 is 1.67 bits per heavy atom. The fraction of sp³-hybridized carbons (Fsp3) is 0.583. The Morgan fingerprint density at radius 2 is 2.33 bits per heavy atom. The number of halogens is 2. The van der Waals surface area contributed by atoms with Crippen LogP contribution in [-0.2, 0) is 6.42 Å². The van der Waals surface area contributed by atoms with Crippen molar-refractivity contribution >= 4 is 27.5 Å². The predicted octanol–water partition coefficient (Wildman–Crippen LogP) is 4.09.